The van der Waals surface area contributed by atoms with E-state index in [4.69, 9.17) is 0 Å². The Morgan fingerprint density at radius 2 is 2.11 bits per heavy atom. The average molecular weight is 331 g/mol. The molecule has 2 aromatic rings. The molecular formula is C10H11BrN4O2S. The number of nitrogens with zero attached hydrogens (tertiary/aromatic N) is 3. The van der Waals surface area contributed by atoms with Gasteiger partial charge in [0.15, 0.2) is 0 Å². The van der Waals surface area contributed by atoms with Crippen LogP contribution in [0, 0.1) is 6.92 Å². The Kier molecular flexibility index (Phi) is 3.40. The van der Waals surface area contributed by atoms with Crippen LogP contribution in [0.15, 0.2) is 33.9 Å². The van der Waals surface area contributed by atoms with E-state index in [9.17, 15) is 8.42 Å². The van der Waals surface area contributed by atoms with E-state index >= 15 is 0 Å². The maximum atomic E-state index is 12.1. The Labute approximate surface area is 113 Å². The van der Waals surface area contributed by atoms with Crippen molar-refractivity contribution in [3.05, 3.63) is 34.6 Å². The molecule has 18 heavy (non-hydrogen) atoms. The predicted octanol–water partition coefficient (Wildman–Crippen LogP) is 1.69. The van der Waals surface area contributed by atoms with Crippen LogP contribution in [-0.2, 0) is 17.1 Å². The van der Waals surface area contributed by atoms with Gasteiger partial charge in [-0.1, -0.05) is 15.9 Å². The van der Waals surface area contributed by atoms with E-state index in [0.717, 1.165) is 10.0 Å². The SMILES string of the molecule is Cc1cc(S(=O)(=O)Nc2ncnn2C)ccc1Br. The number of aromatic nitrogens is 3. The van der Waals surface area contributed by atoms with Gasteiger partial charge < -0.3 is 0 Å². The van der Waals surface area contributed by atoms with Gasteiger partial charge in [-0.2, -0.15) is 10.1 Å². The molecule has 0 aliphatic carbocycles. The fourth-order valence-electron chi connectivity index (χ4n) is 1.35. The third-order valence-electron chi connectivity index (χ3n) is 2.38. The molecule has 0 saturated heterocycles. The maximum Gasteiger partial charge on any atom is 0.264 e. The highest BCUT2D eigenvalue weighted by Crippen LogP contribution is 2.21. The molecule has 6 nitrogen and oxygen atoms in total. The fourth-order valence-corrected chi connectivity index (χ4v) is 2.72. The fraction of sp³-hybridized carbons (Fsp3) is 0.200. The van der Waals surface area contributed by atoms with Gasteiger partial charge in [0.25, 0.3) is 10.0 Å². The van der Waals surface area contributed by atoms with Gasteiger partial charge in [0, 0.05) is 11.5 Å². The van der Waals surface area contributed by atoms with Crippen molar-refractivity contribution in [3.63, 3.8) is 0 Å². The number of sulfonamides is 1. The van der Waals surface area contributed by atoms with Gasteiger partial charge in [-0.25, -0.2) is 17.8 Å². The van der Waals surface area contributed by atoms with Crippen molar-refractivity contribution in [1.82, 2.24) is 14.8 Å². The highest BCUT2D eigenvalue weighted by atomic mass is 79.9. The van der Waals surface area contributed by atoms with E-state index < -0.39 is 10.0 Å². The minimum Gasteiger partial charge on any atom is -0.247 e. The Bertz CT molecular complexity index is 681. The van der Waals surface area contributed by atoms with Gasteiger partial charge in [-0.05, 0) is 30.7 Å². The summed E-state index contributed by atoms with van der Waals surface area (Å²) in [6.45, 7) is 1.82. The average Bonchev–Trinajstić information content (AvgIpc) is 2.67. The first kappa shape index (κ1) is 13.0. The molecule has 1 heterocycles. The summed E-state index contributed by atoms with van der Waals surface area (Å²) in [5.74, 6) is 0.176. The molecule has 0 aliphatic rings. The predicted molar refractivity (Wildman–Crippen MR) is 70.7 cm³/mol. The largest absolute Gasteiger partial charge is 0.264 e. The summed E-state index contributed by atoms with van der Waals surface area (Å²) in [6.07, 6.45) is 1.28. The molecule has 8 heteroatoms. The van der Waals surface area contributed by atoms with Crippen LogP contribution in [0.25, 0.3) is 0 Å². The Morgan fingerprint density at radius 3 is 2.67 bits per heavy atom. The van der Waals surface area contributed by atoms with Crippen LogP contribution < -0.4 is 4.72 Å². The summed E-state index contributed by atoms with van der Waals surface area (Å²) in [4.78, 5) is 4.01. The molecule has 96 valence electrons. The van der Waals surface area contributed by atoms with Crippen molar-refractivity contribution in [2.24, 2.45) is 7.05 Å². The first-order chi connectivity index (χ1) is 8.40. The van der Waals surface area contributed by atoms with Crippen LogP contribution in [0.4, 0.5) is 5.95 Å². The topological polar surface area (TPSA) is 76.9 Å². The number of aryl methyl sites for hydroxylation is 2. The monoisotopic (exact) mass is 330 g/mol. The number of halogens is 1. The minimum absolute atomic E-state index is 0.176. The van der Waals surface area contributed by atoms with E-state index in [1.807, 2.05) is 6.92 Å². The van der Waals surface area contributed by atoms with E-state index in [2.05, 4.69) is 30.7 Å². The van der Waals surface area contributed by atoms with Crippen molar-refractivity contribution < 1.29 is 8.42 Å². The molecule has 1 aromatic heterocycles. The van der Waals surface area contributed by atoms with Gasteiger partial charge in [-0.15, -0.1) is 0 Å². The Morgan fingerprint density at radius 1 is 1.39 bits per heavy atom. The van der Waals surface area contributed by atoms with Crippen LogP contribution in [0.3, 0.4) is 0 Å². The number of anilines is 1. The summed E-state index contributed by atoms with van der Waals surface area (Å²) in [6, 6.07) is 4.80. The zero-order valence-electron chi connectivity index (χ0n) is 9.75. The molecule has 0 bridgehead atoms. The van der Waals surface area contributed by atoms with Crippen molar-refractivity contribution >= 4 is 31.9 Å². The van der Waals surface area contributed by atoms with Gasteiger partial charge in [0.05, 0.1) is 4.90 Å². The number of hydrogen-bond donors (Lipinski definition) is 1. The summed E-state index contributed by atoms with van der Waals surface area (Å²) < 4.78 is 28.8. The summed E-state index contributed by atoms with van der Waals surface area (Å²) in [5, 5.41) is 3.80. The van der Waals surface area contributed by atoms with E-state index in [1.54, 1.807) is 19.2 Å². The Balaban J connectivity index is 2.37. The lowest BCUT2D eigenvalue weighted by atomic mass is 10.2. The highest BCUT2D eigenvalue weighted by molar-refractivity contribution is 9.10. The third kappa shape index (κ3) is 2.54. The zero-order valence-corrected chi connectivity index (χ0v) is 12.2. The van der Waals surface area contributed by atoms with Crippen LogP contribution in [0.5, 0.6) is 0 Å². The van der Waals surface area contributed by atoms with E-state index in [0.29, 0.717) is 0 Å². The number of nitrogens with one attached hydrogen (secondary N) is 1. The van der Waals surface area contributed by atoms with Crippen molar-refractivity contribution in [2.45, 2.75) is 11.8 Å². The number of benzene rings is 1. The van der Waals surface area contributed by atoms with Gasteiger partial charge in [-0.3, -0.25) is 0 Å². The molecular weight excluding hydrogens is 320 g/mol. The molecule has 1 N–H and O–H groups in total. The third-order valence-corrected chi connectivity index (χ3v) is 4.59. The molecule has 0 spiro atoms. The summed E-state index contributed by atoms with van der Waals surface area (Å²) >= 11 is 3.33. The second kappa shape index (κ2) is 4.69. The molecule has 0 aliphatic heterocycles. The maximum absolute atomic E-state index is 12.1. The molecule has 0 unspecified atom stereocenters. The molecule has 2 rings (SSSR count). The zero-order chi connectivity index (χ0) is 13.3. The quantitative estimate of drug-likeness (QED) is 0.928. The first-order valence-corrected chi connectivity index (χ1v) is 7.31. The van der Waals surface area contributed by atoms with E-state index in [-0.39, 0.29) is 10.8 Å². The first-order valence-electron chi connectivity index (χ1n) is 5.03. The molecule has 0 radical (unpaired) electrons. The van der Waals surface area contributed by atoms with Gasteiger partial charge in [0.1, 0.15) is 6.33 Å². The van der Waals surface area contributed by atoms with Crippen LogP contribution in [0.2, 0.25) is 0 Å². The number of hydrogen-bond acceptors (Lipinski definition) is 4. The van der Waals surface area contributed by atoms with Crippen LogP contribution in [-0.4, -0.2) is 23.2 Å². The summed E-state index contributed by atoms with van der Waals surface area (Å²) in [7, 11) is -2.03. The van der Waals surface area contributed by atoms with Crippen LogP contribution >= 0.6 is 15.9 Å². The van der Waals surface area contributed by atoms with Gasteiger partial charge >= 0.3 is 0 Å². The normalized spacial score (nSPS) is 11.5. The van der Waals surface area contributed by atoms with Crippen LogP contribution in [0.1, 0.15) is 5.56 Å². The standard InChI is InChI=1S/C10H11BrN4O2S/c1-7-5-8(3-4-9(7)11)18(16,17)14-10-12-6-13-15(10)2/h3-6H,1-2H3,(H,12,13,14). The molecule has 0 atom stereocenters. The summed E-state index contributed by atoms with van der Waals surface area (Å²) in [5.41, 5.74) is 0.843. The second-order valence-corrected chi connectivity index (χ2v) is 6.26. The van der Waals surface area contributed by atoms with Crippen molar-refractivity contribution in [1.29, 1.82) is 0 Å². The van der Waals surface area contributed by atoms with Crippen molar-refractivity contribution in [3.8, 4) is 0 Å². The molecule has 1 aromatic carbocycles. The lowest BCUT2D eigenvalue weighted by Crippen LogP contribution is -2.16. The number of rotatable bonds is 3. The highest BCUT2D eigenvalue weighted by Gasteiger charge is 2.17. The minimum atomic E-state index is -3.64. The second-order valence-electron chi connectivity index (χ2n) is 3.72. The lowest BCUT2D eigenvalue weighted by Gasteiger charge is -2.08. The van der Waals surface area contributed by atoms with Crippen molar-refractivity contribution in [2.75, 3.05) is 4.72 Å². The van der Waals surface area contributed by atoms with Gasteiger partial charge in [0.2, 0.25) is 5.95 Å². The lowest BCUT2D eigenvalue weighted by molar-refractivity contribution is 0.600. The smallest absolute Gasteiger partial charge is 0.247 e. The van der Waals surface area contributed by atoms with E-state index in [1.165, 1.54) is 17.1 Å². The Hall–Kier alpha value is -1.41. The molecule has 0 amide bonds. The molecule has 0 fully saturated rings. The molecule has 0 saturated carbocycles.